The van der Waals surface area contributed by atoms with Crippen molar-refractivity contribution < 1.29 is 28.6 Å². The van der Waals surface area contributed by atoms with Crippen molar-refractivity contribution in [3.05, 3.63) is 0 Å². The molecule has 4 saturated carbocycles. The lowest BCUT2D eigenvalue weighted by molar-refractivity contribution is -0.257. The Labute approximate surface area is 230 Å². The maximum absolute atomic E-state index is 13.8. The fraction of sp³-hybridized carbons (Fsp3) is 0.906. The van der Waals surface area contributed by atoms with Gasteiger partial charge in [0.15, 0.2) is 0 Å². The number of esters is 3. The van der Waals surface area contributed by atoms with Gasteiger partial charge in [-0.05, 0) is 96.7 Å². The molecule has 4 fully saturated rings. The van der Waals surface area contributed by atoms with E-state index in [9.17, 15) is 14.4 Å². The van der Waals surface area contributed by atoms with Gasteiger partial charge in [-0.25, -0.2) is 0 Å². The van der Waals surface area contributed by atoms with Crippen LogP contribution in [-0.4, -0.2) is 39.2 Å². The molecule has 0 radical (unpaired) electrons. The van der Waals surface area contributed by atoms with Crippen molar-refractivity contribution in [3.8, 4) is 0 Å². The smallest absolute Gasteiger partial charge is 0.313 e. The molecular formula is C32H52O6. The van der Waals surface area contributed by atoms with Crippen LogP contribution in [0.2, 0.25) is 0 Å². The van der Waals surface area contributed by atoms with Crippen LogP contribution in [0.4, 0.5) is 0 Å². The molecule has 0 spiro atoms. The highest BCUT2D eigenvalue weighted by molar-refractivity contribution is 5.91. The van der Waals surface area contributed by atoms with Gasteiger partial charge in [-0.1, -0.05) is 48.5 Å². The molecule has 0 aromatic carbocycles. The number of fused-ring (bicyclic) bond motifs is 5. The fourth-order valence-electron chi connectivity index (χ4n) is 10.8. The lowest BCUT2D eigenvalue weighted by atomic mass is 9.30. The van der Waals surface area contributed by atoms with Crippen LogP contribution in [0.5, 0.6) is 0 Å². The number of carbonyl (C=O) groups excluding carboxylic acids is 3. The van der Waals surface area contributed by atoms with Crippen LogP contribution < -0.4 is 0 Å². The van der Waals surface area contributed by atoms with Crippen LogP contribution in [0, 0.1) is 56.2 Å². The highest BCUT2D eigenvalue weighted by Gasteiger charge is 2.74. The average Bonchev–Trinajstić information content (AvgIpc) is 2.88. The minimum Gasteiger partial charge on any atom is -0.469 e. The second-order valence-electron chi connectivity index (χ2n) is 15.2. The van der Waals surface area contributed by atoms with Crippen molar-refractivity contribution >= 4 is 17.9 Å². The minimum atomic E-state index is -1.32. The van der Waals surface area contributed by atoms with Gasteiger partial charge in [0.2, 0.25) is 0 Å². The zero-order chi connectivity index (χ0) is 28.5. The van der Waals surface area contributed by atoms with E-state index in [1.165, 1.54) is 47.0 Å². The molecule has 0 bridgehead atoms. The first-order valence-corrected chi connectivity index (χ1v) is 14.8. The number of hydrogen-bond acceptors (Lipinski definition) is 6. The highest BCUT2D eigenvalue weighted by Crippen LogP contribution is 2.77. The van der Waals surface area contributed by atoms with Gasteiger partial charge < -0.3 is 14.2 Å². The Balaban J connectivity index is 1.86. The van der Waals surface area contributed by atoms with Crippen LogP contribution in [-0.2, 0) is 28.6 Å². The van der Waals surface area contributed by atoms with Gasteiger partial charge in [0.1, 0.15) is 0 Å². The third-order valence-electron chi connectivity index (χ3n) is 13.4. The molecule has 0 aliphatic heterocycles. The van der Waals surface area contributed by atoms with Gasteiger partial charge in [0, 0.05) is 0 Å². The molecule has 9 unspecified atom stereocenters. The second kappa shape index (κ2) is 9.23. The van der Waals surface area contributed by atoms with Crippen LogP contribution in [0.25, 0.3) is 0 Å². The maximum Gasteiger partial charge on any atom is 0.313 e. The third-order valence-corrected chi connectivity index (χ3v) is 13.4. The Morgan fingerprint density at radius 1 is 0.711 bits per heavy atom. The standard InChI is InChI=1S/C32H52O6/c1-20(24(33)36-8)32(26(35)38-10)12-11-21-29(5,23(32)25(34)37-9)16-18-31(7)22-19-27(2,3)13-14-28(22,4)15-17-30(21,31)6/h20-23H,11-19H2,1-10H3. The van der Waals surface area contributed by atoms with Gasteiger partial charge in [0.25, 0.3) is 0 Å². The average molecular weight is 533 g/mol. The predicted molar refractivity (Wildman–Crippen MR) is 146 cm³/mol. The summed E-state index contributed by atoms with van der Waals surface area (Å²) in [6.07, 6.45) is 9.15. The van der Waals surface area contributed by atoms with Crippen molar-refractivity contribution in [1.29, 1.82) is 0 Å². The highest BCUT2D eigenvalue weighted by atomic mass is 16.5. The molecule has 4 aliphatic rings. The lowest BCUT2D eigenvalue weighted by Gasteiger charge is -2.73. The van der Waals surface area contributed by atoms with E-state index in [0.29, 0.717) is 23.2 Å². The first kappa shape index (κ1) is 29.4. The quantitative estimate of drug-likeness (QED) is 0.300. The Morgan fingerprint density at radius 3 is 1.87 bits per heavy atom. The molecule has 0 aromatic rings. The summed E-state index contributed by atoms with van der Waals surface area (Å²) in [6.45, 7) is 16.3. The zero-order valence-corrected chi connectivity index (χ0v) is 25.6. The summed E-state index contributed by atoms with van der Waals surface area (Å²) in [5, 5.41) is 0. The minimum absolute atomic E-state index is 0.0145. The van der Waals surface area contributed by atoms with E-state index in [1.807, 2.05) is 0 Å². The van der Waals surface area contributed by atoms with E-state index in [1.54, 1.807) is 6.92 Å². The molecule has 0 N–H and O–H groups in total. The predicted octanol–water partition coefficient (Wildman–Crippen LogP) is 6.59. The molecule has 0 heterocycles. The van der Waals surface area contributed by atoms with Crippen molar-refractivity contribution in [2.45, 2.75) is 106 Å². The molecular weight excluding hydrogens is 480 g/mol. The fourth-order valence-corrected chi connectivity index (χ4v) is 10.8. The first-order chi connectivity index (χ1) is 17.5. The molecule has 216 valence electrons. The Bertz CT molecular complexity index is 988. The zero-order valence-electron chi connectivity index (χ0n) is 25.6. The summed E-state index contributed by atoms with van der Waals surface area (Å²) in [5.74, 6) is -2.15. The molecule has 0 aromatic heterocycles. The van der Waals surface area contributed by atoms with Crippen LogP contribution in [0.15, 0.2) is 0 Å². The van der Waals surface area contributed by atoms with Crippen LogP contribution >= 0.6 is 0 Å². The molecule has 4 rings (SSSR count). The van der Waals surface area contributed by atoms with Crippen LogP contribution in [0.1, 0.15) is 106 Å². The van der Waals surface area contributed by atoms with Crippen molar-refractivity contribution in [3.63, 3.8) is 0 Å². The van der Waals surface area contributed by atoms with Gasteiger partial charge in [0.05, 0.1) is 38.6 Å². The van der Waals surface area contributed by atoms with E-state index in [-0.39, 0.29) is 16.7 Å². The van der Waals surface area contributed by atoms with Crippen molar-refractivity contribution in [1.82, 2.24) is 0 Å². The largest absolute Gasteiger partial charge is 0.469 e. The van der Waals surface area contributed by atoms with Gasteiger partial charge >= 0.3 is 17.9 Å². The summed E-state index contributed by atoms with van der Waals surface area (Å²) in [7, 11) is 4.08. The van der Waals surface area contributed by atoms with Gasteiger partial charge in [-0.3, -0.25) is 14.4 Å². The molecule has 6 nitrogen and oxygen atoms in total. The summed E-state index contributed by atoms with van der Waals surface area (Å²) in [5.41, 5.74) is -0.983. The van der Waals surface area contributed by atoms with E-state index >= 15 is 0 Å². The topological polar surface area (TPSA) is 78.9 Å². The van der Waals surface area contributed by atoms with Crippen molar-refractivity contribution in [2.24, 2.45) is 56.2 Å². The molecule has 9 atom stereocenters. The van der Waals surface area contributed by atoms with E-state index < -0.39 is 40.6 Å². The Hall–Kier alpha value is -1.59. The molecule has 0 saturated heterocycles. The number of carbonyl (C=O) groups is 3. The Morgan fingerprint density at radius 2 is 1.29 bits per heavy atom. The SMILES string of the molecule is COC(=O)C(C)C1(C(=O)OC)CCC2C(C)(CCC3(C)C4CC(C)(C)CCC4(C)CCC23C)C1C(=O)OC. The van der Waals surface area contributed by atoms with E-state index in [0.717, 1.165) is 25.7 Å². The summed E-state index contributed by atoms with van der Waals surface area (Å²) in [6, 6.07) is 0. The van der Waals surface area contributed by atoms with Gasteiger partial charge in [-0.2, -0.15) is 0 Å². The number of ether oxygens (including phenoxy) is 3. The number of hydrogen-bond donors (Lipinski definition) is 0. The summed E-state index contributed by atoms with van der Waals surface area (Å²) < 4.78 is 15.9. The monoisotopic (exact) mass is 532 g/mol. The third kappa shape index (κ3) is 3.73. The molecule has 6 heteroatoms. The lowest BCUT2D eigenvalue weighted by Crippen LogP contribution is -2.69. The molecule has 0 amide bonds. The Kier molecular flexibility index (Phi) is 7.14. The first-order valence-electron chi connectivity index (χ1n) is 14.8. The van der Waals surface area contributed by atoms with E-state index in [4.69, 9.17) is 14.2 Å². The number of methoxy groups -OCH3 is 3. The number of rotatable bonds is 4. The van der Waals surface area contributed by atoms with Crippen molar-refractivity contribution in [2.75, 3.05) is 21.3 Å². The molecule has 38 heavy (non-hydrogen) atoms. The molecule has 4 aliphatic carbocycles. The summed E-state index contributed by atoms with van der Waals surface area (Å²) in [4.78, 5) is 40.5. The van der Waals surface area contributed by atoms with Crippen LogP contribution in [0.3, 0.4) is 0 Å². The maximum atomic E-state index is 13.8. The van der Waals surface area contributed by atoms with E-state index in [2.05, 4.69) is 41.5 Å². The second-order valence-corrected chi connectivity index (χ2v) is 15.2. The summed E-state index contributed by atoms with van der Waals surface area (Å²) >= 11 is 0. The normalized spacial score (nSPS) is 46.4. The van der Waals surface area contributed by atoms with Gasteiger partial charge in [-0.15, -0.1) is 0 Å².